The van der Waals surface area contributed by atoms with Crippen LogP contribution in [0.3, 0.4) is 0 Å². The standard InChI is InChI=1S/C72H127N2O6P/c1-6-8-10-12-14-16-18-20-22-24-26-28-29-30-31-32-33-34-35-36-37-38-39-40-41-42-43-44-45-46-48-50-52-54-56-58-60-62-64-66-72(76)73-70(69-80-81(77,78)79-68-67-74(3,4)5)71(75)65-63-61-59-57-55-53-51-49-47-27-25-23-21-19-17-15-13-11-9-7-2/h8,10,14,16,20,22,26,28,30-31,33-34,36-37,39-40,55,57,63,65,70-71,75H,6-7,9,11-13,15,17-19,21,23-25,27,29,32,35,38,41-54,56,58-62,64,66-69H2,1-5H3,(H-,73,76,77,78)/b10-8-,16-14-,22-20-,28-26-,31-30-,34-33-,37-36-,40-39-,57-55+,65-63+. The third kappa shape index (κ3) is 64.3. The van der Waals surface area contributed by atoms with E-state index in [-0.39, 0.29) is 12.5 Å². The number of quaternary nitrogens is 1. The molecule has 0 saturated carbocycles. The molecule has 2 N–H and O–H groups in total. The van der Waals surface area contributed by atoms with Crippen LogP contribution >= 0.6 is 7.82 Å². The van der Waals surface area contributed by atoms with Gasteiger partial charge in [-0.3, -0.25) is 9.36 Å². The van der Waals surface area contributed by atoms with Crippen LogP contribution in [0.1, 0.15) is 277 Å². The average Bonchev–Trinajstić information content (AvgIpc) is 3.43. The lowest BCUT2D eigenvalue weighted by atomic mass is 10.0. The molecule has 9 heteroatoms. The van der Waals surface area contributed by atoms with Crippen LogP contribution < -0.4 is 10.2 Å². The van der Waals surface area contributed by atoms with Crippen LogP contribution in [0.25, 0.3) is 0 Å². The van der Waals surface area contributed by atoms with E-state index < -0.39 is 26.6 Å². The quantitative estimate of drug-likeness (QED) is 0.0272. The molecule has 3 atom stereocenters. The Balaban J connectivity index is 4.10. The molecular weight excluding hydrogens is 1020 g/mol. The molecule has 0 aliphatic rings. The smallest absolute Gasteiger partial charge is 0.268 e. The minimum absolute atomic E-state index is 0.0104. The van der Waals surface area contributed by atoms with E-state index in [1.807, 2.05) is 27.2 Å². The van der Waals surface area contributed by atoms with E-state index in [0.717, 1.165) is 89.9 Å². The Kier molecular flexibility index (Phi) is 59.1. The number of nitrogens with zero attached hydrogens (tertiary/aromatic N) is 1. The van der Waals surface area contributed by atoms with Gasteiger partial charge >= 0.3 is 0 Å². The number of phosphoric acid groups is 1. The van der Waals surface area contributed by atoms with Crippen molar-refractivity contribution in [3.63, 3.8) is 0 Å². The third-order valence-electron chi connectivity index (χ3n) is 14.4. The van der Waals surface area contributed by atoms with Crippen LogP contribution in [0.2, 0.25) is 0 Å². The van der Waals surface area contributed by atoms with Gasteiger partial charge in [0.25, 0.3) is 7.82 Å². The van der Waals surface area contributed by atoms with Crippen LogP contribution in [0.15, 0.2) is 122 Å². The molecule has 0 aromatic carbocycles. The average molecular weight is 1150 g/mol. The summed E-state index contributed by atoms with van der Waals surface area (Å²) in [5.74, 6) is -0.210. The first-order valence-corrected chi connectivity index (χ1v) is 34.9. The summed E-state index contributed by atoms with van der Waals surface area (Å²) in [6.45, 7) is 4.53. The Morgan fingerprint density at radius 1 is 0.444 bits per heavy atom. The van der Waals surface area contributed by atoms with Gasteiger partial charge in [-0.1, -0.05) is 296 Å². The minimum atomic E-state index is -4.62. The second-order valence-corrected chi connectivity index (χ2v) is 24.8. The number of allylic oxidation sites excluding steroid dienone is 19. The number of hydrogen-bond donors (Lipinski definition) is 2. The van der Waals surface area contributed by atoms with Gasteiger partial charge in [0.15, 0.2) is 0 Å². The molecule has 0 aliphatic heterocycles. The van der Waals surface area contributed by atoms with Gasteiger partial charge in [-0.15, -0.1) is 0 Å². The number of nitrogens with one attached hydrogen (secondary N) is 1. The lowest BCUT2D eigenvalue weighted by molar-refractivity contribution is -0.870. The van der Waals surface area contributed by atoms with E-state index in [1.165, 1.54) is 167 Å². The maximum absolute atomic E-state index is 13.0. The molecule has 1 amide bonds. The Labute approximate surface area is 501 Å². The van der Waals surface area contributed by atoms with Crippen molar-refractivity contribution in [2.24, 2.45) is 0 Å². The number of rotatable bonds is 60. The summed E-state index contributed by atoms with van der Waals surface area (Å²) in [6.07, 6.45) is 91.6. The molecule has 3 unspecified atom stereocenters. The summed E-state index contributed by atoms with van der Waals surface area (Å²) in [6, 6.07) is -0.911. The van der Waals surface area contributed by atoms with E-state index >= 15 is 0 Å². The van der Waals surface area contributed by atoms with E-state index in [0.29, 0.717) is 17.4 Å². The number of phosphoric ester groups is 1. The first-order chi connectivity index (χ1) is 39.5. The Morgan fingerprint density at radius 2 is 0.765 bits per heavy atom. The topological polar surface area (TPSA) is 108 Å². The van der Waals surface area contributed by atoms with Gasteiger partial charge in [0.2, 0.25) is 5.91 Å². The highest BCUT2D eigenvalue weighted by Crippen LogP contribution is 2.38. The molecule has 0 aromatic heterocycles. The molecule has 81 heavy (non-hydrogen) atoms. The third-order valence-corrected chi connectivity index (χ3v) is 15.4. The number of aliphatic hydroxyl groups excluding tert-OH is 1. The predicted octanol–water partition coefficient (Wildman–Crippen LogP) is 20.6. The summed E-state index contributed by atoms with van der Waals surface area (Å²) in [7, 11) is 1.24. The second kappa shape index (κ2) is 61.5. The predicted molar refractivity (Wildman–Crippen MR) is 352 cm³/mol. The summed E-state index contributed by atoms with van der Waals surface area (Å²) in [5, 5.41) is 13.9. The first-order valence-electron chi connectivity index (χ1n) is 33.4. The summed E-state index contributed by atoms with van der Waals surface area (Å²) < 4.78 is 23.4. The molecule has 0 saturated heterocycles. The number of hydrogen-bond acceptors (Lipinski definition) is 6. The zero-order valence-corrected chi connectivity index (χ0v) is 54.1. The first kappa shape index (κ1) is 77.9. The maximum Gasteiger partial charge on any atom is 0.268 e. The number of likely N-dealkylation sites (N-methyl/N-ethyl adjacent to an activating group) is 1. The molecular formula is C72H127N2O6P. The summed E-state index contributed by atoms with van der Waals surface area (Å²) >= 11 is 0. The highest BCUT2D eigenvalue weighted by atomic mass is 31.2. The number of carbonyl (C=O) groups excluding carboxylic acids is 1. The van der Waals surface area contributed by atoms with E-state index in [9.17, 15) is 19.4 Å². The molecule has 0 radical (unpaired) electrons. The zero-order chi connectivity index (χ0) is 59.1. The number of amides is 1. The molecule has 0 bridgehead atoms. The monoisotopic (exact) mass is 1150 g/mol. The van der Waals surface area contributed by atoms with Gasteiger partial charge in [-0.05, 0) is 96.3 Å². The maximum atomic E-state index is 13.0. The van der Waals surface area contributed by atoms with Gasteiger partial charge in [0, 0.05) is 6.42 Å². The summed E-state index contributed by atoms with van der Waals surface area (Å²) in [4.78, 5) is 25.6. The van der Waals surface area contributed by atoms with E-state index in [4.69, 9.17) is 9.05 Å². The van der Waals surface area contributed by atoms with Crippen LogP contribution in [0.5, 0.6) is 0 Å². The molecule has 0 spiro atoms. The molecule has 466 valence electrons. The zero-order valence-electron chi connectivity index (χ0n) is 53.2. The van der Waals surface area contributed by atoms with Crippen molar-refractivity contribution in [1.82, 2.24) is 5.32 Å². The minimum Gasteiger partial charge on any atom is -0.756 e. The SMILES string of the molecule is CC/C=C\C/C=C\C/C=C\C/C=C\C/C=C\C/C=C\C/C=C\C/C=C\CCCCCCCCCCCCCCCCC(=O)NC(COP(=O)([O-])OCC[N+](C)(C)C)C(O)/C=C/CC/C=C/CCCCCCCCCCCCCCCC. The fraction of sp³-hybridized carbons (Fsp3) is 0.708. The number of aliphatic hydroxyl groups is 1. The van der Waals surface area contributed by atoms with Crippen molar-refractivity contribution in [3.05, 3.63) is 122 Å². The normalized spacial score (nSPS) is 14.5. The van der Waals surface area contributed by atoms with Crippen molar-refractivity contribution in [3.8, 4) is 0 Å². The number of carbonyl (C=O) groups is 1. The number of unbranched alkanes of at least 4 members (excludes halogenated alkanes) is 29. The Bertz CT molecular complexity index is 1730. The fourth-order valence-corrected chi connectivity index (χ4v) is 9.97. The Hall–Kier alpha value is -3.10. The van der Waals surface area contributed by atoms with Crippen molar-refractivity contribution in [2.45, 2.75) is 289 Å². The molecule has 0 rings (SSSR count). The van der Waals surface area contributed by atoms with E-state index in [2.05, 4.69) is 129 Å². The lowest BCUT2D eigenvalue weighted by Crippen LogP contribution is -2.45. The Morgan fingerprint density at radius 3 is 1.15 bits per heavy atom. The van der Waals surface area contributed by atoms with Gasteiger partial charge in [-0.25, -0.2) is 0 Å². The van der Waals surface area contributed by atoms with Crippen molar-refractivity contribution in [2.75, 3.05) is 40.9 Å². The van der Waals surface area contributed by atoms with Crippen LogP contribution in [-0.4, -0.2) is 68.5 Å². The largest absolute Gasteiger partial charge is 0.756 e. The van der Waals surface area contributed by atoms with Crippen molar-refractivity contribution >= 4 is 13.7 Å². The molecule has 0 fully saturated rings. The van der Waals surface area contributed by atoms with Crippen LogP contribution in [0.4, 0.5) is 0 Å². The van der Waals surface area contributed by atoms with Gasteiger partial charge < -0.3 is 28.8 Å². The van der Waals surface area contributed by atoms with Gasteiger partial charge in [0.05, 0.1) is 39.9 Å². The second-order valence-electron chi connectivity index (χ2n) is 23.4. The summed E-state index contributed by atoms with van der Waals surface area (Å²) in [5.41, 5.74) is 0. The van der Waals surface area contributed by atoms with Crippen molar-refractivity contribution < 1.29 is 32.9 Å². The fourth-order valence-electron chi connectivity index (χ4n) is 9.25. The molecule has 0 heterocycles. The molecule has 0 aromatic rings. The van der Waals surface area contributed by atoms with E-state index in [1.54, 1.807) is 6.08 Å². The molecule has 8 nitrogen and oxygen atoms in total. The highest BCUT2D eigenvalue weighted by molar-refractivity contribution is 7.45. The van der Waals surface area contributed by atoms with Crippen LogP contribution in [0, 0.1) is 0 Å². The molecule has 0 aliphatic carbocycles. The van der Waals surface area contributed by atoms with Gasteiger partial charge in [0.1, 0.15) is 13.2 Å². The highest BCUT2D eigenvalue weighted by Gasteiger charge is 2.23. The lowest BCUT2D eigenvalue weighted by Gasteiger charge is -2.29. The van der Waals surface area contributed by atoms with Gasteiger partial charge in [-0.2, -0.15) is 0 Å². The van der Waals surface area contributed by atoms with Crippen LogP contribution in [-0.2, 0) is 18.4 Å². The van der Waals surface area contributed by atoms with Crippen molar-refractivity contribution in [1.29, 1.82) is 0 Å².